The van der Waals surface area contributed by atoms with Crippen molar-refractivity contribution < 1.29 is 68.1 Å². The lowest BCUT2D eigenvalue weighted by molar-refractivity contribution is -0.136. The van der Waals surface area contributed by atoms with Gasteiger partial charge in [-0.05, 0) is 124 Å². The fourth-order valence-corrected chi connectivity index (χ4v) is 11.3. The van der Waals surface area contributed by atoms with E-state index in [9.17, 15) is 68.1 Å². The van der Waals surface area contributed by atoms with Crippen LogP contribution in [0.15, 0.2) is 97.1 Å². The molecule has 0 saturated carbocycles. The van der Waals surface area contributed by atoms with Gasteiger partial charge in [0.1, 0.15) is 53.8 Å². The number of nitrogens with one attached hydrogen (secondary N) is 9. The van der Waals surface area contributed by atoms with Crippen molar-refractivity contribution in [3.05, 3.63) is 130 Å². The molecular formula is C59H74ClN11O14S2. The Morgan fingerprint density at radius 2 is 1.13 bits per heavy atom. The minimum Gasteiger partial charge on any atom is -0.508 e. The molecule has 5 rings (SSSR count). The summed E-state index contributed by atoms with van der Waals surface area (Å²) >= 11 is 6.15. The van der Waals surface area contributed by atoms with E-state index in [1.54, 1.807) is 43.4 Å². The summed E-state index contributed by atoms with van der Waals surface area (Å²) in [5.41, 5.74) is 12.8. The van der Waals surface area contributed by atoms with Crippen LogP contribution in [0.1, 0.15) is 78.6 Å². The van der Waals surface area contributed by atoms with E-state index in [4.69, 9.17) is 23.1 Å². The summed E-state index contributed by atoms with van der Waals surface area (Å²) in [6.07, 6.45) is -2.31. The number of aliphatic hydroxyl groups excluding tert-OH is 1. The van der Waals surface area contributed by atoms with Gasteiger partial charge in [0.15, 0.2) is 5.78 Å². The number of hydrogen-bond acceptors (Lipinski definition) is 17. The van der Waals surface area contributed by atoms with E-state index in [1.807, 2.05) is 0 Å². The molecule has 10 amide bonds. The number of primary amides is 2. The van der Waals surface area contributed by atoms with E-state index in [1.165, 1.54) is 74.5 Å². The zero-order chi connectivity index (χ0) is 63.7. The maximum Gasteiger partial charge on any atom is 0.248 e. The summed E-state index contributed by atoms with van der Waals surface area (Å²) in [6, 6.07) is 11.7. The Kier molecular flexibility index (Phi) is 27.8. The Morgan fingerprint density at radius 1 is 0.621 bits per heavy atom. The fraction of sp³-hybridized carbons (Fsp3) is 0.407. The Hall–Kier alpha value is -8.24. The van der Waals surface area contributed by atoms with E-state index in [2.05, 4.69) is 47.9 Å². The van der Waals surface area contributed by atoms with Crippen LogP contribution < -0.4 is 59.3 Å². The third-order valence-corrected chi connectivity index (χ3v) is 16.5. The molecule has 0 radical (unpaired) electrons. The first-order chi connectivity index (χ1) is 41.4. The lowest BCUT2D eigenvalue weighted by Crippen LogP contribution is -2.62. The third-order valence-electron chi connectivity index (χ3n) is 13.8. The average molecular weight is 1260 g/mol. The molecule has 4 aromatic rings. The van der Waals surface area contributed by atoms with E-state index in [0.29, 0.717) is 46.7 Å². The molecule has 0 bridgehead atoms. The van der Waals surface area contributed by atoms with Gasteiger partial charge in [0.05, 0.1) is 12.1 Å². The molecule has 0 aromatic heterocycles. The summed E-state index contributed by atoms with van der Waals surface area (Å²) in [5.74, 6) is -10.2. The van der Waals surface area contributed by atoms with Crippen LogP contribution in [0.3, 0.4) is 0 Å². The number of phenols is 2. The number of carbonyl (C=O) groups is 11. The van der Waals surface area contributed by atoms with Gasteiger partial charge in [-0.25, -0.2) is 0 Å². The highest BCUT2D eigenvalue weighted by molar-refractivity contribution is 8.76. The quantitative estimate of drug-likeness (QED) is 0.0325. The number of benzene rings is 4. The highest BCUT2D eigenvalue weighted by Crippen LogP contribution is 2.25. The molecule has 468 valence electrons. The second-order valence-electron chi connectivity index (χ2n) is 20.8. The molecule has 4 aromatic carbocycles. The molecule has 87 heavy (non-hydrogen) atoms. The highest BCUT2D eigenvalue weighted by Gasteiger charge is 2.37. The summed E-state index contributed by atoms with van der Waals surface area (Å²) in [7, 11) is 3.55. The van der Waals surface area contributed by atoms with Gasteiger partial charge in [0.25, 0.3) is 0 Å². The number of unbranched alkanes of at least 4 members (excludes halogenated alkanes) is 1. The predicted molar refractivity (Wildman–Crippen MR) is 326 cm³/mol. The molecule has 9 atom stereocenters. The maximum atomic E-state index is 15.0. The lowest BCUT2D eigenvalue weighted by atomic mass is 10.00. The first-order valence-electron chi connectivity index (χ1n) is 27.9. The van der Waals surface area contributed by atoms with Crippen LogP contribution >= 0.6 is 33.2 Å². The van der Waals surface area contributed by atoms with Crippen molar-refractivity contribution in [3.8, 4) is 11.5 Å². The first kappa shape index (κ1) is 69.5. The number of phenolic OH excluding ortho intramolecular Hbond substituents is 2. The van der Waals surface area contributed by atoms with Gasteiger partial charge < -0.3 is 74.6 Å². The second kappa shape index (κ2) is 34.8. The molecule has 1 aliphatic rings. The molecule has 1 heterocycles. The number of Topliss-reactive ketones (excluding diaryl/α,β-unsaturated/α-hetero) is 1. The normalized spacial score (nSPS) is 20.1. The first-order valence-corrected chi connectivity index (χ1v) is 30.7. The van der Waals surface area contributed by atoms with Crippen LogP contribution in [-0.4, -0.2) is 160 Å². The van der Waals surface area contributed by atoms with Crippen LogP contribution in [0.5, 0.6) is 11.5 Å². The molecule has 0 unspecified atom stereocenters. The van der Waals surface area contributed by atoms with Crippen LogP contribution in [0.4, 0.5) is 0 Å². The van der Waals surface area contributed by atoms with Crippen LogP contribution in [0.2, 0.25) is 5.02 Å². The smallest absolute Gasteiger partial charge is 0.248 e. The molecule has 1 fully saturated rings. The molecule has 0 aliphatic carbocycles. The average Bonchev–Trinajstić information content (AvgIpc) is 2.44. The summed E-state index contributed by atoms with van der Waals surface area (Å²) in [5, 5.41) is 55.7. The number of aliphatic hydroxyl groups is 1. The molecule has 16 N–H and O–H groups in total. The Labute approximate surface area is 515 Å². The molecule has 1 aliphatic heterocycles. The van der Waals surface area contributed by atoms with Gasteiger partial charge in [0.2, 0.25) is 59.1 Å². The molecule has 28 heteroatoms. The Bertz CT molecular complexity index is 3050. The zero-order valence-electron chi connectivity index (χ0n) is 48.1. The summed E-state index contributed by atoms with van der Waals surface area (Å²) < 4.78 is 0. The summed E-state index contributed by atoms with van der Waals surface area (Å²) in [4.78, 5) is 153. The van der Waals surface area contributed by atoms with Crippen molar-refractivity contribution >= 4 is 98.0 Å². The minimum absolute atomic E-state index is 0.0298. The number of rotatable bonds is 24. The molecule has 25 nitrogen and oxygen atoms in total. The van der Waals surface area contributed by atoms with Crippen LogP contribution in [0, 0.1) is 0 Å². The second-order valence-corrected chi connectivity index (χ2v) is 23.8. The van der Waals surface area contributed by atoms with Crippen molar-refractivity contribution in [1.82, 2.24) is 47.9 Å². The van der Waals surface area contributed by atoms with Gasteiger partial charge in [-0.1, -0.05) is 81.7 Å². The van der Waals surface area contributed by atoms with E-state index in [0.717, 1.165) is 21.6 Å². The van der Waals surface area contributed by atoms with Crippen molar-refractivity contribution in [2.75, 3.05) is 25.1 Å². The monoisotopic (exact) mass is 1260 g/mol. The molecular weight excluding hydrogens is 1190 g/mol. The topological polar surface area (TPSA) is 409 Å². The standard InChI is InChI=1S/C59H74ClN11O14S2/c1-32(72)43(26-36-11-19-40(74)20-12-36)66-57(83)48-31-87-86-30-47(69-54(80)44(64-50(77)24-23-49(61)76)27-35-9-17-39(60)18-10-35)58(84)68-46(29-37-13-21-41(75)22-14-37)56(82)67-45(28-34-7-15-38(16-8-34)52(62)78)55(81)65-42(6-4-5-25-63-3)53(79)71-51(33(2)73)59(85)70-48/h7-22,33,42-48,51,63,73-75H,4-6,23-31H2,1-3H3,(H2,61,76)(H2,62,78)(H,64,77)(H,65,81)(H,66,83)(H,67,82)(H,68,84)(H,69,80)(H,70,85)(H,71,79)/t33-,42+,43-,44+,45-,46+,47-,48+,51+/m1/s1. The number of halogens is 1. The fourth-order valence-electron chi connectivity index (χ4n) is 8.86. The van der Waals surface area contributed by atoms with Crippen molar-refractivity contribution in [2.24, 2.45) is 11.5 Å². The number of aromatic hydroxyl groups is 2. The molecule has 0 spiro atoms. The number of amides is 10. The van der Waals surface area contributed by atoms with Gasteiger partial charge >= 0.3 is 0 Å². The van der Waals surface area contributed by atoms with Gasteiger partial charge in [-0.15, -0.1) is 0 Å². The predicted octanol–water partition coefficient (Wildman–Crippen LogP) is 0.0191. The highest BCUT2D eigenvalue weighted by atomic mass is 35.5. The van der Waals surface area contributed by atoms with Crippen molar-refractivity contribution in [3.63, 3.8) is 0 Å². The van der Waals surface area contributed by atoms with Gasteiger partial charge in [-0.3, -0.25) is 52.7 Å². The third kappa shape index (κ3) is 23.5. The van der Waals surface area contributed by atoms with Crippen molar-refractivity contribution in [2.45, 2.75) is 126 Å². The van der Waals surface area contributed by atoms with Gasteiger partial charge in [-0.2, -0.15) is 0 Å². The van der Waals surface area contributed by atoms with E-state index >= 15 is 0 Å². The number of carbonyl (C=O) groups excluding carboxylic acids is 11. The van der Waals surface area contributed by atoms with E-state index < -0.39 is 126 Å². The van der Waals surface area contributed by atoms with Crippen LogP contribution in [0.25, 0.3) is 0 Å². The number of hydrogen-bond donors (Lipinski definition) is 14. The maximum absolute atomic E-state index is 15.0. The SMILES string of the molecule is CNCCCC[C@@H]1NC(=O)[C@@H](Cc2ccc(C(N)=O)cc2)NC(=O)[C@H](Cc2ccc(O)cc2)NC(=O)[C@H](NC(=O)[C@H](Cc2ccc(Cl)cc2)NC(=O)CCC(N)=O)CSSC[C@@H](C(=O)N[C@H](Cc2ccc(O)cc2)C(C)=O)NC(=O)[C@H]([C@@H](C)O)NC1=O. The largest absolute Gasteiger partial charge is 0.508 e. The Balaban J connectivity index is 1.63. The van der Waals surface area contributed by atoms with Crippen molar-refractivity contribution in [1.29, 1.82) is 0 Å². The Morgan fingerprint density at radius 3 is 1.67 bits per heavy atom. The number of ketones is 1. The van der Waals surface area contributed by atoms with Crippen LogP contribution in [-0.2, 0) is 73.6 Å². The molecule has 1 saturated heterocycles. The lowest BCUT2D eigenvalue weighted by Gasteiger charge is -2.29. The minimum atomic E-state index is -1.77. The number of nitrogens with two attached hydrogens (primary N) is 2. The van der Waals surface area contributed by atoms with Gasteiger partial charge in [0, 0.05) is 54.2 Å². The van der Waals surface area contributed by atoms with E-state index in [-0.39, 0.29) is 67.1 Å². The summed E-state index contributed by atoms with van der Waals surface area (Å²) in [6.45, 7) is 2.96. The zero-order valence-corrected chi connectivity index (χ0v) is 50.5.